The van der Waals surface area contributed by atoms with Crippen molar-refractivity contribution in [1.29, 1.82) is 0 Å². The lowest BCUT2D eigenvalue weighted by Gasteiger charge is -2.12. The van der Waals surface area contributed by atoms with E-state index in [-0.39, 0.29) is 12.0 Å². The molecule has 1 aliphatic heterocycles. The van der Waals surface area contributed by atoms with Crippen molar-refractivity contribution in [3.63, 3.8) is 0 Å². The van der Waals surface area contributed by atoms with Crippen molar-refractivity contribution < 1.29 is 9.53 Å². The highest BCUT2D eigenvalue weighted by Gasteiger charge is 2.23. The van der Waals surface area contributed by atoms with Gasteiger partial charge in [0, 0.05) is 31.1 Å². The van der Waals surface area contributed by atoms with Crippen LogP contribution in [0.4, 0.5) is 5.69 Å². The number of hydrogen-bond donors (Lipinski definition) is 3. The number of anilines is 1. The van der Waals surface area contributed by atoms with Crippen molar-refractivity contribution in [2.75, 3.05) is 37.0 Å². The smallest absolute Gasteiger partial charge is 0.253 e. The van der Waals surface area contributed by atoms with E-state index in [0.717, 1.165) is 48.9 Å². The molecule has 0 aliphatic carbocycles. The summed E-state index contributed by atoms with van der Waals surface area (Å²) in [7, 11) is 0. The number of guanidine groups is 1. The molecule has 25 heavy (non-hydrogen) atoms. The predicted molar refractivity (Wildman–Crippen MR) is 105 cm³/mol. The number of carbonyl (C=O) groups is 1. The zero-order valence-electron chi connectivity index (χ0n) is 15.0. The number of nitrogens with one attached hydrogen (secondary N) is 3. The van der Waals surface area contributed by atoms with Gasteiger partial charge in [0.1, 0.15) is 6.10 Å². The molecule has 6 nitrogen and oxygen atoms in total. The average molecular weight is 365 g/mol. The number of carbonyl (C=O) groups excluding carboxylic acids is 1. The van der Waals surface area contributed by atoms with E-state index in [0.29, 0.717) is 13.2 Å². The summed E-state index contributed by atoms with van der Waals surface area (Å²) < 4.78 is 5.42. The second-order valence-corrected chi connectivity index (χ2v) is 6.79. The Balaban J connectivity index is 1.92. The molecule has 1 aromatic carbocycles. The van der Waals surface area contributed by atoms with Gasteiger partial charge in [0.15, 0.2) is 5.96 Å². The van der Waals surface area contributed by atoms with Crippen LogP contribution in [-0.2, 0) is 16.1 Å². The first kappa shape index (κ1) is 19.6. The van der Waals surface area contributed by atoms with E-state index in [2.05, 4.69) is 27.2 Å². The van der Waals surface area contributed by atoms with Crippen molar-refractivity contribution in [3.8, 4) is 0 Å². The van der Waals surface area contributed by atoms with Crippen LogP contribution < -0.4 is 16.0 Å². The third-order valence-corrected chi connectivity index (χ3v) is 4.39. The number of benzene rings is 1. The maximum atomic E-state index is 12.1. The highest BCUT2D eigenvalue weighted by molar-refractivity contribution is 7.98. The molecule has 1 aliphatic rings. The van der Waals surface area contributed by atoms with E-state index in [9.17, 15) is 4.79 Å². The molecular formula is C18H28N4O2S. The number of hydrogen-bond acceptors (Lipinski definition) is 4. The number of rotatable bonds is 8. The van der Waals surface area contributed by atoms with Crippen LogP contribution in [-0.4, -0.2) is 49.7 Å². The summed E-state index contributed by atoms with van der Waals surface area (Å²) in [5.41, 5.74) is 1.83. The van der Waals surface area contributed by atoms with Crippen LogP contribution in [0.15, 0.2) is 29.3 Å². The fourth-order valence-electron chi connectivity index (χ4n) is 2.54. The molecule has 0 radical (unpaired) electrons. The van der Waals surface area contributed by atoms with Crippen molar-refractivity contribution in [2.24, 2.45) is 4.99 Å². The van der Waals surface area contributed by atoms with Gasteiger partial charge in [0.2, 0.25) is 0 Å². The average Bonchev–Trinajstić information content (AvgIpc) is 3.15. The first-order valence-electron chi connectivity index (χ1n) is 8.75. The Morgan fingerprint density at radius 1 is 1.40 bits per heavy atom. The number of amides is 1. The van der Waals surface area contributed by atoms with Crippen molar-refractivity contribution in [2.45, 2.75) is 32.4 Å². The molecular weight excluding hydrogens is 336 g/mol. The van der Waals surface area contributed by atoms with Gasteiger partial charge in [-0.2, -0.15) is 11.8 Å². The largest absolute Gasteiger partial charge is 0.368 e. The molecule has 1 aromatic rings. The van der Waals surface area contributed by atoms with E-state index < -0.39 is 0 Å². The summed E-state index contributed by atoms with van der Waals surface area (Å²) in [6.45, 7) is 4.97. The lowest BCUT2D eigenvalue weighted by Crippen LogP contribution is -2.38. The van der Waals surface area contributed by atoms with E-state index in [4.69, 9.17) is 4.74 Å². The Kier molecular flexibility index (Phi) is 8.62. The van der Waals surface area contributed by atoms with Crippen LogP contribution >= 0.6 is 11.8 Å². The molecule has 0 spiro atoms. The maximum Gasteiger partial charge on any atom is 0.253 e. The molecule has 138 valence electrons. The van der Waals surface area contributed by atoms with Crippen LogP contribution in [0.5, 0.6) is 0 Å². The molecule has 1 heterocycles. The van der Waals surface area contributed by atoms with Gasteiger partial charge in [-0.15, -0.1) is 0 Å². The first-order valence-corrected chi connectivity index (χ1v) is 10.1. The molecule has 3 N–H and O–H groups in total. The van der Waals surface area contributed by atoms with E-state index in [1.54, 1.807) is 11.8 Å². The quantitative estimate of drug-likeness (QED) is 0.375. The zero-order chi connectivity index (χ0) is 17.9. The first-order chi connectivity index (χ1) is 12.2. The number of ether oxygens (including phenoxy) is 1. The topological polar surface area (TPSA) is 74.8 Å². The van der Waals surface area contributed by atoms with E-state index in [1.807, 2.05) is 31.2 Å². The molecule has 7 heteroatoms. The molecule has 1 atom stereocenters. The van der Waals surface area contributed by atoms with Gasteiger partial charge >= 0.3 is 0 Å². The van der Waals surface area contributed by atoms with Crippen LogP contribution in [0.3, 0.4) is 0 Å². The summed E-state index contributed by atoms with van der Waals surface area (Å²) in [5, 5.41) is 9.48. The Hall–Kier alpha value is -1.73. The molecule has 0 aromatic heterocycles. The summed E-state index contributed by atoms with van der Waals surface area (Å²) in [6.07, 6.45) is 3.51. The molecule has 1 fully saturated rings. The Labute approximate surface area is 154 Å². The van der Waals surface area contributed by atoms with Crippen LogP contribution in [0.25, 0.3) is 0 Å². The summed E-state index contributed by atoms with van der Waals surface area (Å²) in [5.74, 6) is 1.78. The van der Waals surface area contributed by atoms with Gasteiger partial charge in [-0.3, -0.25) is 4.79 Å². The minimum absolute atomic E-state index is 0.0646. The van der Waals surface area contributed by atoms with Gasteiger partial charge in [0.25, 0.3) is 5.91 Å². The monoisotopic (exact) mass is 364 g/mol. The fraction of sp³-hybridized carbons (Fsp3) is 0.556. The second-order valence-electron chi connectivity index (χ2n) is 5.81. The number of thioether (sulfide) groups is 1. The summed E-state index contributed by atoms with van der Waals surface area (Å²) in [6, 6.07) is 7.80. The molecule has 0 bridgehead atoms. The Morgan fingerprint density at radius 2 is 2.28 bits per heavy atom. The van der Waals surface area contributed by atoms with Crippen molar-refractivity contribution >= 4 is 29.3 Å². The molecule has 2 rings (SSSR count). The highest BCUT2D eigenvalue weighted by atomic mass is 32.2. The minimum Gasteiger partial charge on any atom is -0.368 e. The highest BCUT2D eigenvalue weighted by Crippen LogP contribution is 2.16. The van der Waals surface area contributed by atoms with Gasteiger partial charge in [0.05, 0.1) is 6.54 Å². The molecule has 1 unspecified atom stereocenters. The molecule has 1 saturated heterocycles. The summed E-state index contributed by atoms with van der Waals surface area (Å²) >= 11 is 1.80. The van der Waals surface area contributed by atoms with Crippen molar-refractivity contribution in [1.82, 2.24) is 10.6 Å². The second kappa shape index (κ2) is 11.0. The SMILES string of the molecule is CCNC(=NCc1cccc(NC(=O)C2CCCO2)c1)NCCSC. The fourth-order valence-corrected chi connectivity index (χ4v) is 2.84. The summed E-state index contributed by atoms with van der Waals surface area (Å²) in [4.78, 5) is 16.7. The molecule has 0 saturated carbocycles. The van der Waals surface area contributed by atoms with Gasteiger partial charge in [-0.1, -0.05) is 12.1 Å². The Morgan fingerprint density at radius 3 is 3.00 bits per heavy atom. The lowest BCUT2D eigenvalue weighted by atomic mass is 10.2. The van der Waals surface area contributed by atoms with Crippen molar-refractivity contribution in [3.05, 3.63) is 29.8 Å². The van der Waals surface area contributed by atoms with Gasteiger partial charge < -0.3 is 20.7 Å². The minimum atomic E-state index is -0.317. The Bertz CT molecular complexity index is 574. The number of nitrogens with zero attached hydrogens (tertiary/aromatic N) is 1. The third-order valence-electron chi connectivity index (χ3n) is 3.78. The number of aliphatic imine (C=N–C) groups is 1. The standard InChI is InChI=1S/C18H28N4O2S/c1-3-19-18(20-9-11-25-2)21-13-14-6-4-7-15(12-14)22-17(23)16-8-5-10-24-16/h4,6-7,12,16H,3,5,8-11,13H2,1-2H3,(H,22,23)(H2,19,20,21). The van der Waals surface area contributed by atoms with Crippen LogP contribution in [0.1, 0.15) is 25.3 Å². The normalized spacial score (nSPS) is 17.4. The lowest BCUT2D eigenvalue weighted by molar-refractivity contribution is -0.124. The van der Waals surface area contributed by atoms with E-state index in [1.165, 1.54) is 0 Å². The maximum absolute atomic E-state index is 12.1. The van der Waals surface area contributed by atoms with E-state index >= 15 is 0 Å². The predicted octanol–water partition coefficient (Wildman–Crippen LogP) is 2.22. The van der Waals surface area contributed by atoms with Crippen LogP contribution in [0.2, 0.25) is 0 Å². The van der Waals surface area contributed by atoms with Crippen LogP contribution in [0, 0.1) is 0 Å². The van der Waals surface area contributed by atoms with Gasteiger partial charge in [-0.25, -0.2) is 4.99 Å². The zero-order valence-corrected chi connectivity index (χ0v) is 15.8. The third kappa shape index (κ3) is 6.96. The van der Waals surface area contributed by atoms with Gasteiger partial charge in [-0.05, 0) is 43.7 Å². The molecule has 1 amide bonds.